The Morgan fingerprint density at radius 1 is 1.38 bits per heavy atom. The number of carbonyl (C=O) groups excluding carboxylic acids is 1. The smallest absolute Gasteiger partial charge is 0.316 e. The molecule has 1 heterocycles. The molecule has 13 heavy (non-hydrogen) atoms. The van der Waals surface area contributed by atoms with Crippen LogP contribution in [0.1, 0.15) is 26.7 Å². The molecule has 0 atom stereocenters. The highest BCUT2D eigenvalue weighted by molar-refractivity contribution is 6.62. The van der Waals surface area contributed by atoms with Crippen molar-refractivity contribution in [2.75, 3.05) is 13.1 Å². The fourth-order valence-corrected chi connectivity index (χ4v) is 1.91. The highest BCUT2D eigenvalue weighted by atomic mass is 35.5. The van der Waals surface area contributed by atoms with Crippen LogP contribution in [0, 0.1) is 11.8 Å². The van der Waals surface area contributed by atoms with Crippen LogP contribution in [0.5, 0.6) is 0 Å². The summed E-state index contributed by atoms with van der Waals surface area (Å²) < 4.78 is 0. The molecule has 0 aromatic rings. The van der Waals surface area contributed by atoms with Crippen LogP contribution in [0.25, 0.3) is 0 Å². The Hall–Kier alpha value is 0.0500. The van der Waals surface area contributed by atoms with E-state index in [9.17, 15) is 4.79 Å². The Balaban J connectivity index is 0.00000144. The lowest BCUT2D eigenvalue weighted by molar-refractivity contribution is 0.174. The lowest BCUT2D eigenvalue weighted by atomic mass is 9.87. The molecule has 0 saturated carbocycles. The van der Waals surface area contributed by atoms with Crippen molar-refractivity contribution in [3.63, 3.8) is 0 Å². The first kappa shape index (κ1) is 13.1. The van der Waals surface area contributed by atoms with Gasteiger partial charge < -0.3 is 4.90 Å². The maximum Gasteiger partial charge on any atom is 0.316 e. The molecule has 1 aliphatic heterocycles. The fourth-order valence-electron chi connectivity index (χ4n) is 1.74. The Labute approximate surface area is 91.0 Å². The Morgan fingerprint density at radius 3 is 2.15 bits per heavy atom. The van der Waals surface area contributed by atoms with E-state index in [2.05, 4.69) is 13.8 Å². The summed E-state index contributed by atoms with van der Waals surface area (Å²) in [6, 6.07) is 0. The van der Waals surface area contributed by atoms with E-state index in [1.54, 1.807) is 4.90 Å². The van der Waals surface area contributed by atoms with Crippen molar-refractivity contribution in [3.05, 3.63) is 0 Å². The molecule has 0 bridgehead atoms. The van der Waals surface area contributed by atoms with Gasteiger partial charge in [0.1, 0.15) is 0 Å². The average molecular weight is 226 g/mol. The third-order valence-corrected chi connectivity index (χ3v) is 2.97. The summed E-state index contributed by atoms with van der Waals surface area (Å²) in [5.41, 5.74) is 0. The Morgan fingerprint density at radius 2 is 1.85 bits per heavy atom. The molecular formula is C9H17Cl2NO. The minimum absolute atomic E-state index is 0. The third-order valence-electron chi connectivity index (χ3n) is 2.73. The van der Waals surface area contributed by atoms with Crippen molar-refractivity contribution in [2.45, 2.75) is 26.7 Å². The second-order valence-electron chi connectivity index (χ2n) is 3.82. The zero-order valence-corrected chi connectivity index (χ0v) is 9.70. The van der Waals surface area contributed by atoms with Crippen molar-refractivity contribution in [1.29, 1.82) is 0 Å². The summed E-state index contributed by atoms with van der Waals surface area (Å²) in [6.07, 6.45) is 2.21. The Kier molecular flexibility index (Phi) is 5.73. The summed E-state index contributed by atoms with van der Waals surface area (Å²) >= 11 is 5.37. The largest absolute Gasteiger partial charge is 0.329 e. The molecule has 4 heteroatoms. The number of nitrogens with zero attached hydrogens (tertiary/aromatic N) is 1. The molecule has 0 aliphatic carbocycles. The van der Waals surface area contributed by atoms with Crippen molar-refractivity contribution in [2.24, 2.45) is 11.8 Å². The van der Waals surface area contributed by atoms with Gasteiger partial charge in [0, 0.05) is 13.1 Å². The molecular weight excluding hydrogens is 209 g/mol. The van der Waals surface area contributed by atoms with E-state index < -0.39 is 0 Å². The first-order valence-corrected chi connectivity index (χ1v) is 4.93. The molecule has 1 amide bonds. The van der Waals surface area contributed by atoms with Crippen LogP contribution in [0.2, 0.25) is 0 Å². The minimum Gasteiger partial charge on any atom is -0.329 e. The second-order valence-corrected chi connectivity index (χ2v) is 4.14. The SMILES string of the molecule is CC(C)C1CCN(C(=O)Cl)CC1.Cl. The number of amides is 1. The highest BCUT2D eigenvalue weighted by Gasteiger charge is 2.23. The number of carbonyl (C=O) groups is 1. The lowest BCUT2D eigenvalue weighted by Gasteiger charge is -2.32. The standard InChI is InChI=1S/C9H16ClNO.ClH/c1-7(2)8-3-5-11(6-4-8)9(10)12;/h7-8H,3-6H2,1-2H3;1H. The lowest BCUT2D eigenvalue weighted by Crippen LogP contribution is -2.36. The predicted octanol–water partition coefficient (Wildman–Crippen LogP) is 3.14. The van der Waals surface area contributed by atoms with E-state index in [1.807, 2.05) is 0 Å². The summed E-state index contributed by atoms with van der Waals surface area (Å²) in [5.74, 6) is 1.51. The van der Waals surface area contributed by atoms with Crippen molar-refractivity contribution in [1.82, 2.24) is 4.90 Å². The first-order chi connectivity index (χ1) is 5.61. The molecule has 0 radical (unpaired) electrons. The molecule has 78 valence electrons. The maximum absolute atomic E-state index is 10.8. The van der Waals surface area contributed by atoms with E-state index >= 15 is 0 Å². The monoisotopic (exact) mass is 225 g/mol. The van der Waals surface area contributed by atoms with Crippen molar-refractivity contribution >= 4 is 29.4 Å². The van der Waals surface area contributed by atoms with Gasteiger partial charge in [0.15, 0.2) is 0 Å². The zero-order valence-electron chi connectivity index (χ0n) is 8.12. The maximum atomic E-state index is 10.8. The molecule has 2 nitrogen and oxygen atoms in total. The molecule has 0 spiro atoms. The van der Waals surface area contributed by atoms with Gasteiger partial charge in [-0.05, 0) is 36.3 Å². The van der Waals surface area contributed by atoms with Crippen LogP contribution in [0.15, 0.2) is 0 Å². The van der Waals surface area contributed by atoms with Gasteiger partial charge in [0.25, 0.3) is 0 Å². The first-order valence-electron chi connectivity index (χ1n) is 4.55. The van der Waals surface area contributed by atoms with Gasteiger partial charge in [-0.2, -0.15) is 0 Å². The summed E-state index contributed by atoms with van der Waals surface area (Å²) in [6.45, 7) is 6.15. The van der Waals surface area contributed by atoms with Gasteiger partial charge in [-0.3, -0.25) is 4.79 Å². The van der Waals surface area contributed by atoms with Crippen LogP contribution >= 0.6 is 24.0 Å². The van der Waals surface area contributed by atoms with Gasteiger partial charge >= 0.3 is 5.37 Å². The molecule has 0 N–H and O–H groups in total. The van der Waals surface area contributed by atoms with E-state index in [0.29, 0.717) is 0 Å². The number of halogens is 2. The third kappa shape index (κ3) is 3.74. The zero-order chi connectivity index (χ0) is 9.14. The molecule has 1 rings (SSSR count). The fraction of sp³-hybridized carbons (Fsp3) is 0.889. The van der Waals surface area contributed by atoms with Crippen LogP contribution in [-0.4, -0.2) is 23.4 Å². The van der Waals surface area contributed by atoms with Crippen LogP contribution < -0.4 is 0 Å². The van der Waals surface area contributed by atoms with Gasteiger partial charge in [-0.1, -0.05) is 13.8 Å². The molecule has 1 aliphatic rings. The summed E-state index contributed by atoms with van der Waals surface area (Å²) in [4.78, 5) is 12.5. The number of rotatable bonds is 1. The summed E-state index contributed by atoms with van der Waals surface area (Å²) in [7, 11) is 0. The normalized spacial score (nSPS) is 18.6. The van der Waals surface area contributed by atoms with Crippen LogP contribution in [-0.2, 0) is 0 Å². The molecule has 0 aromatic heterocycles. The predicted molar refractivity (Wildman–Crippen MR) is 57.6 cm³/mol. The number of likely N-dealkylation sites (tertiary alicyclic amines) is 1. The average Bonchev–Trinajstić information content (AvgIpc) is 2.04. The number of hydrogen-bond donors (Lipinski definition) is 0. The van der Waals surface area contributed by atoms with E-state index in [4.69, 9.17) is 11.6 Å². The molecule has 0 aromatic carbocycles. The van der Waals surface area contributed by atoms with Crippen LogP contribution in [0.3, 0.4) is 0 Å². The van der Waals surface area contributed by atoms with E-state index in [1.165, 1.54) is 0 Å². The number of piperidine rings is 1. The van der Waals surface area contributed by atoms with E-state index in [-0.39, 0.29) is 17.8 Å². The summed E-state index contributed by atoms with van der Waals surface area (Å²) in [5, 5.41) is -0.294. The minimum atomic E-state index is -0.294. The second kappa shape index (κ2) is 5.71. The molecule has 1 fully saturated rings. The quantitative estimate of drug-likeness (QED) is 0.496. The molecule has 0 unspecified atom stereocenters. The van der Waals surface area contributed by atoms with Crippen LogP contribution in [0.4, 0.5) is 4.79 Å². The topological polar surface area (TPSA) is 20.3 Å². The molecule has 1 saturated heterocycles. The van der Waals surface area contributed by atoms with Gasteiger partial charge in [0.2, 0.25) is 0 Å². The van der Waals surface area contributed by atoms with Gasteiger partial charge in [0.05, 0.1) is 0 Å². The Bertz CT molecular complexity index is 165. The van der Waals surface area contributed by atoms with Gasteiger partial charge in [-0.15, -0.1) is 12.4 Å². The number of hydrogen-bond acceptors (Lipinski definition) is 1. The van der Waals surface area contributed by atoms with E-state index in [0.717, 1.165) is 37.8 Å². The van der Waals surface area contributed by atoms with Gasteiger partial charge in [-0.25, -0.2) is 0 Å². The van der Waals surface area contributed by atoms with Crippen molar-refractivity contribution < 1.29 is 4.79 Å². The highest BCUT2D eigenvalue weighted by Crippen LogP contribution is 2.24. The van der Waals surface area contributed by atoms with Crippen molar-refractivity contribution in [3.8, 4) is 0 Å².